The van der Waals surface area contributed by atoms with E-state index in [1.807, 2.05) is 0 Å². The van der Waals surface area contributed by atoms with Crippen LogP contribution in [0.2, 0.25) is 0 Å². The van der Waals surface area contributed by atoms with Crippen molar-refractivity contribution >= 4 is 17.6 Å². The van der Waals surface area contributed by atoms with E-state index in [9.17, 15) is 14.0 Å². The maximum absolute atomic E-state index is 13.2. The van der Waals surface area contributed by atoms with Gasteiger partial charge in [0.25, 0.3) is 0 Å². The molecule has 1 fully saturated rings. The lowest BCUT2D eigenvalue weighted by molar-refractivity contribution is -0.133. The van der Waals surface area contributed by atoms with E-state index in [1.54, 1.807) is 12.1 Å². The molecule has 1 N–H and O–H groups in total. The van der Waals surface area contributed by atoms with Gasteiger partial charge in [0.2, 0.25) is 11.8 Å². The number of halogens is 1. The summed E-state index contributed by atoms with van der Waals surface area (Å²) in [5.41, 5.74) is 0.648. The fraction of sp³-hybridized carbons (Fsp3) is 0.267. The summed E-state index contributed by atoms with van der Waals surface area (Å²) in [6.45, 7) is 0.202. The molecule has 1 unspecified atom stereocenters. The highest BCUT2D eigenvalue weighted by atomic mass is 19.1. The second-order valence-electron chi connectivity index (χ2n) is 5.08. The second kappa shape index (κ2) is 5.97. The number of anilines is 1. The third-order valence-electron chi connectivity index (χ3n) is 3.56. The Morgan fingerprint density at radius 3 is 3.05 bits per heavy atom. The predicted molar refractivity (Wildman–Crippen MR) is 75.1 cm³/mol. The molecule has 1 aliphatic rings. The van der Waals surface area contributed by atoms with Crippen LogP contribution in [0.25, 0.3) is 0 Å². The third kappa shape index (κ3) is 2.98. The highest BCUT2D eigenvalue weighted by molar-refractivity contribution is 5.98. The Hall–Kier alpha value is -2.70. The summed E-state index contributed by atoms with van der Waals surface area (Å²) in [5, 5.41) is 6.21. The van der Waals surface area contributed by atoms with Crippen molar-refractivity contribution in [1.82, 2.24) is 10.1 Å². The second-order valence-corrected chi connectivity index (χ2v) is 5.08. The first-order valence-electron chi connectivity index (χ1n) is 6.88. The van der Waals surface area contributed by atoms with Crippen molar-refractivity contribution in [3.63, 3.8) is 0 Å². The number of carbonyl (C=O) groups excluding carboxylic acids is 2. The van der Waals surface area contributed by atoms with Crippen molar-refractivity contribution in [2.24, 2.45) is 0 Å². The monoisotopic (exact) mass is 303 g/mol. The maximum atomic E-state index is 13.2. The number of nitrogens with one attached hydrogen (secondary N) is 1. The number of benzene rings is 1. The van der Waals surface area contributed by atoms with Crippen molar-refractivity contribution in [3.05, 3.63) is 48.0 Å². The van der Waals surface area contributed by atoms with Gasteiger partial charge in [-0.05, 0) is 24.1 Å². The van der Waals surface area contributed by atoms with Gasteiger partial charge in [-0.25, -0.2) is 4.39 Å². The molecule has 0 radical (unpaired) electrons. The summed E-state index contributed by atoms with van der Waals surface area (Å²) in [6.07, 6.45) is 2.07. The average Bonchev–Trinajstić information content (AvgIpc) is 3.10. The molecule has 7 heteroatoms. The van der Waals surface area contributed by atoms with Crippen LogP contribution in [0.3, 0.4) is 0 Å². The topological polar surface area (TPSA) is 75.4 Å². The fourth-order valence-corrected chi connectivity index (χ4v) is 2.52. The first-order chi connectivity index (χ1) is 10.6. The van der Waals surface area contributed by atoms with Crippen LogP contribution in [-0.2, 0) is 16.1 Å². The number of carbonyl (C=O) groups is 2. The molecule has 2 heterocycles. The van der Waals surface area contributed by atoms with Crippen molar-refractivity contribution < 1.29 is 18.5 Å². The van der Waals surface area contributed by atoms with Crippen molar-refractivity contribution in [2.45, 2.75) is 25.4 Å². The minimum Gasteiger partial charge on any atom is -0.363 e. The summed E-state index contributed by atoms with van der Waals surface area (Å²) >= 11 is 0. The minimum atomic E-state index is -0.590. The van der Waals surface area contributed by atoms with Gasteiger partial charge in [0.05, 0.1) is 0 Å². The highest BCUT2D eigenvalue weighted by Crippen LogP contribution is 2.23. The van der Waals surface area contributed by atoms with Crippen molar-refractivity contribution in [3.8, 4) is 0 Å². The van der Waals surface area contributed by atoms with Gasteiger partial charge in [0, 0.05) is 19.0 Å². The lowest BCUT2D eigenvalue weighted by Gasteiger charge is -2.23. The number of hydrogen-bond donors (Lipinski definition) is 1. The molecule has 0 saturated carbocycles. The first-order valence-corrected chi connectivity index (χ1v) is 6.88. The zero-order chi connectivity index (χ0) is 15.5. The molecule has 22 heavy (non-hydrogen) atoms. The van der Waals surface area contributed by atoms with Crippen molar-refractivity contribution in [2.75, 3.05) is 5.32 Å². The molecular weight excluding hydrogens is 289 g/mol. The van der Waals surface area contributed by atoms with Crippen LogP contribution < -0.4 is 5.32 Å². The van der Waals surface area contributed by atoms with Gasteiger partial charge < -0.3 is 14.7 Å². The van der Waals surface area contributed by atoms with Crippen LogP contribution in [0.5, 0.6) is 0 Å². The average molecular weight is 303 g/mol. The predicted octanol–water partition coefficient (Wildman–Crippen LogP) is 1.94. The molecule has 1 aromatic carbocycles. The van der Waals surface area contributed by atoms with Crippen molar-refractivity contribution in [1.29, 1.82) is 0 Å². The van der Waals surface area contributed by atoms with Gasteiger partial charge in [0.1, 0.15) is 18.1 Å². The van der Waals surface area contributed by atoms with E-state index in [-0.39, 0.29) is 24.2 Å². The van der Waals surface area contributed by atoms with E-state index < -0.39 is 6.04 Å². The smallest absolute Gasteiger partial charge is 0.248 e. The molecule has 0 bridgehead atoms. The molecule has 2 amide bonds. The Labute approximate surface area is 125 Å². The molecule has 3 rings (SSSR count). The summed E-state index contributed by atoms with van der Waals surface area (Å²) in [7, 11) is 0. The molecule has 0 spiro atoms. The van der Waals surface area contributed by atoms with Gasteiger partial charge in [-0.3, -0.25) is 9.59 Å². The number of rotatable bonds is 4. The van der Waals surface area contributed by atoms with Gasteiger partial charge >= 0.3 is 0 Å². The Bertz CT molecular complexity index is 687. The number of amides is 2. The van der Waals surface area contributed by atoms with Gasteiger partial charge in [-0.15, -0.1) is 0 Å². The lowest BCUT2D eigenvalue weighted by Crippen LogP contribution is -2.41. The number of aromatic nitrogens is 1. The molecule has 1 saturated heterocycles. The summed E-state index contributed by atoms with van der Waals surface area (Å²) in [6, 6.07) is 6.93. The first kappa shape index (κ1) is 14.2. The zero-order valence-corrected chi connectivity index (χ0v) is 11.7. The third-order valence-corrected chi connectivity index (χ3v) is 3.56. The summed E-state index contributed by atoms with van der Waals surface area (Å²) in [5.74, 6) is -0.511. The van der Waals surface area contributed by atoms with Crippen LogP contribution in [0.1, 0.15) is 18.4 Å². The lowest BCUT2D eigenvalue weighted by atomic mass is 10.1. The molecule has 114 valence electrons. The van der Waals surface area contributed by atoms with E-state index in [0.29, 0.717) is 24.2 Å². The van der Waals surface area contributed by atoms with Crippen LogP contribution in [-0.4, -0.2) is 27.9 Å². The van der Waals surface area contributed by atoms with E-state index in [4.69, 9.17) is 0 Å². The largest absolute Gasteiger partial charge is 0.363 e. The Balaban J connectivity index is 1.73. The standard InChI is InChI=1S/C15H14FN3O3/c16-11-3-1-2-10(8-11)9-19-12(4-5-14(19)20)15(21)17-13-6-7-22-18-13/h1-3,6-8,12H,4-5,9H2,(H,17,18,21). The molecule has 1 atom stereocenters. The SMILES string of the molecule is O=C(Nc1ccon1)C1CCC(=O)N1Cc1cccc(F)c1. The van der Waals surface area contributed by atoms with E-state index in [2.05, 4.69) is 15.0 Å². The molecule has 1 aliphatic heterocycles. The summed E-state index contributed by atoms with van der Waals surface area (Å²) in [4.78, 5) is 25.7. The minimum absolute atomic E-state index is 0.121. The Morgan fingerprint density at radius 2 is 2.32 bits per heavy atom. The Morgan fingerprint density at radius 1 is 1.45 bits per heavy atom. The van der Waals surface area contributed by atoms with Crippen LogP contribution in [0.4, 0.5) is 10.2 Å². The van der Waals surface area contributed by atoms with Crippen LogP contribution >= 0.6 is 0 Å². The number of likely N-dealkylation sites (tertiary alicyclic amines) is 1. The van der Waals surface area contributed by atoms with E-state index in [1.165, 1.54) is 29.4 Å². The molecule has 2 aromatic rings. The molecule has 1 aromatic heterocycles. The molecule has 6 nitrogen and oxygen atoms in total. The fourth-order valence-electron chi connectivity index (χ4n) is 2.52. The number of hydrogen-bond acceptors (Lipinski definition) is 4. The summed E-state index contributed by atoms with van der Waals surface area (Å²) < 4.78 is 17.9. The normalized spacial score (nSPS) is 17.8. The maximum Gasteiger partial charge on any atom is 0.248 e. The molecular formula is C15H14FN3O3. The van der Waals surface area contributed by atoms with Crippen LogP contribution in [0.15, 0.2) is 41.1 Å². The number of nitrogens with zero attached hydrogens (tertiary/aromatic N) is 2. The zero-order valence-electron chi connectivity index (χ0n) is 11.7. The molecule has 0 aliphatic carbocycles. The van der Waals surface area contributed by atoms with E-state index in [0.717, 1.165) is 0 Å². The highest BCUT2D eigenvalue weighted by Gasteiger charge is 2.36. The Kier molecular flexibility index (Phi) is 3.86. The van der Waals surface area contributed by atoms with Crippen LogP contribution in [0, 0.1) is 5.82 Å². The van der Waals surface area contributed by atoms with Gasteiger partial charge in [0.15, 0.2) is 5.82 Å². The van der Waals surface area contributed by atoms with Gasteiger partial charge in [-0.1, -0.05) is 17.3 Å². The van der Waals surface area contributed by atoms with E-state index >= 15 is 0 Å². The quantitative estimate of drug-likeness (QED) is 0.936. The van der Waals surface area contributed by atoms with Gasteiger partial charge in [-0.2, -0.15) is 0 Å².